The average Bonchev–Trinajstić information content (AvgIpc) is 2.83. The molecule has 17 heavy (non-hydrogen) atoms. The first kappa shape index (κ1) is 12.3. The first-order valence-electron chi connectivity index (χ1n) is 6.53. The Balaban J connectivity index is 2.22. The molecular formula is C13H21N3O. The van der Waals surface area contributed by atoms with Crippen LogP contribution in [0.2, 0.25) is 0 Å². The van der Waals surface area contributed by atoms with E-state index in [9.17, 15) is 0 Å². The van der Waals surface area contributed by atoms with Crippen molar-refractivity contribution in [2.45, 2.75) is 39.0 Å². The van der Waals surface area contributed by atoms with Crippen LogP contribution in [-0.4, -0.2) is 29.7 Å². The number of hydrogen-bond donors (Lipinski definition) is 1. The van der Waals surface area contributed by atoms with E-state index >= 15 is 0 Å². The first-order valence-corrected chi connectivity index (χ1v) is 6.53. The Bertz CT molecular complexity index is 337. The lowest BCUT2D eigenvalue weighted by Crippen LogP contribution is -2.10. The van der Waals surface area contributed by atoms with Gasteiger partial charge in [0.05, 0.1) is 6.61 Å². The van der Waals surface area contributed by atoms with Gasteiger partial charge in [-0.15, -0.1) is 0 Å². The predicted molar refractivity (Wildman–Crippen MR) is 68.4 cm³/mol. The lowest BCUT2D eigenvalue weighted by Gasteiger charge is -2.11. The minimum atomic E-state index is 0.379. The van der Waals surface area contributed by atoms with Crippen LogP contribution in [0.15, 0.2) is 6.07 Å². The second-order valence-corrected chi connectivity index (χ2v) is 4.44. The summed E-state index contributed by atoms with van der Waals surface area (Å²) in [6.07, 6.45) is 3.17. The van der Waals surface area contributed by atoms with Crippen LogP contribution in [0.25, 0.3) is 0 Å². The van der Waals surface area contributed by atoms with Crippen molar-refractivity contribution in [2.24, 2.45) is 0 Å². The van der Waals surface area contributed by atoms with E-state index in [0.717, 1.165) is 56.4 Å². The smallest absolute Gasteiger partial charge is 0.136 e. The quantitative estimate of drug-likeness (QED) is 0.851. The largest absolute Gasteiger partial charge is 0.381 e. The predicted octanol–water partition coefficient (Wildman–Crippen LogP) is 2.36. The molecule has 0 bridgehead atoms. The number of rotatable bonds is 5. The number of anilines is 1. The molecule has 1 aliphatic heterocycles. The van der Waals surface area contributed by atoms with E-state index in [0.29, 0.717) is 5.92 Å². The number of nitrogens with one attached hydrogen (secondary N) is 1. The molecule has 0 aliphatic carbocycles. The molecule has 4 nitrogen and oxygen atoms in total. The summed E-state index contributed by atoms with van der Waals surface area (Å²) in [6, 6.07) is 2.06. The van der Waals surface area contributed by atoms with Crippen molar-refractivity contribution < 1.29 is 4.74 Å². The molecule has 4 heteroatoms. The number of nitrogens with zero attached hydrogens (tertiary/aromatic N) is 2. The topological polar surface area (TPSA) is 47.0 Å². The zero-order valence-corrected chi connectivity index (χ0v) is 10.7. The maximum Gasteiger partial charge on any atom is 0.136 e. The van der Waals surface area contributed by atoms with Crippen LogP contribution in [0.1, 0.15) is 44.1 Å². The normalized spacial score (nSPS) is 19.5. The van der Waals surface area contributed by atoms with E-state index in [1.54, 1.807) is 0 Å². The average molecular weight is 235 g/mol. The van der Waals surface area contributed by atoms with Crippen LogP contribution in [-0.2, 0) is 11.2 Å². The van der Waals surface area contributed by atoms with Crippen LogP contribution < -0.4 is 5.32 Å². The van der Waals surface area contributed by atoms with Gasteiger partial charge >= 0.3 is 0 Å². The SMILES string of the molecule is CCCc1cc(NCC)nc(C2CCOC2)n1. The molecule has 1 N–H and O–H groups in total. The second kappa shape index (κ2) is 5.96. The van der Waals surface area contributed by atoms with Crippen LogP contribution in [0.4, 0.5) is 5.82 Å². The summed E-state index contributed by atoms with van der Waals surface area (Å²) in [6.45, 7) is 6.75. The fourth-order valence-electron chi connectivity index (χ4n) is 2.09. The van der Waals surface area contributed by atoms with Gasteiger partial charge in [0.15, 0.2) is 0 Å². The zero-order valence-electron chi connectivity index (χ0n) is 10.7. The van der Waals surface area contributed by atoms with E-state index in [1.165, 1.54) is 0 Å². The third kappa shape index (κ3) is 3.16. The summed E-state index contributed by atoms with van der Waals surface area (Å²) in [7, 11) is 0. The highest BCUT2D eigenvalue weighted by atomic mass is 16.5. The van der Waals surface area contributed by atoms with Crippen molar-refractivity contribution in [3.8, 4) is 0 Å². The van der Waals surface area contributed by atoms with Gasteiger partial charge in [0, 0.05) is 30.8 Å². The van der Waals surface area contributed by atoms with Gasteiger partial charge in [0.1, 0.15) is 11.6 Å². The third-order valence-corrected chi connectivity index (χ3v) is 2.96. The number of hydrogen-bond acceptors (Lipinski definition) is 4. The Labute approximate surface area is 103 Å². The molecule has 2 rings (SSSR count). The molecule has 1 saturated heterocycles. The Morgan fingerprint density at radius 2 is 2.29 bits per heavy atom. The molecule has 0 radical (unpaired) electrons. The Hall–Kier alpha value is -1.16. The minimum Gasteiger partial charge on any atom is -0.381 e. The monoisotopic (exact) mass is 235 g/mol. The Kier molecular flexibility index (Phi) is 4.31. The highest BCUT2D eigenvalue weighted by molar-refractivity contribution is 5.36. The summed E-state index contributed by atoms with van der Waals surface area (Å²) in [5.41, 5.74) is 1.14. The van der Waals surface area contributed by atoms with Crippen LogP contribution in [0, 0.1) is 0 Å². The van der Waals surface area contributed by atoms with E-state index in [4.69, 9.17) is 4.74 Å². The molecule has 0 saturated carbocycles. The lowest BCUT2D eigenvalue weighted by molar-refractivity contribution is 0.193. The summed E-state index contributed by atoms with van der Waals surface area (Å²) in [4.78, 5) is 9.24. The van der Waals surface area contributed by atoms with Gasteiger partial charge in [-0.3, -0.25) is 0 Å². The van der Waals surface area contributed by atoms with Crippen molar-refractivity contribution in [2.75, 3.05) is 25.1 Å². The van der Waals surface area contributed by atoms with Gasteiger partial charge in [-0.25, -0.2) is 9.97 Å². The van der Waals surface area contributed by atoms with E-state index in [2.05, 4.69) is 35.2 Å². The molecule has 94 valence electrons. The zero-order chi connectivity index (χ0) is 12.1. The third-order valence-electron chi connectivity index (χ3n) is 2.96. The van der Waals surface area contributed by atoms with E-state index < -0.39 is 0 Å². The number of ether oxygens (including phenoxy) is 1. The van der Waals surface area contributed by atoms with Gasteiger partial charge in [-0.1, -0.05) is 13.3 Å². The van der Waals surface area contributed by atoms with Gasteiger partial charge in [-0.05, 0) is 19.8 Å². The maximum atomic E-state index is 5.41. The van der Waals surface area contributed by atoms with Crippen molar-refractivity contribution in [3.05, 3.63) is 17.6 Å². The number of aryl methyl sites for hydroxylation is 1. The molecule has 1 aromatic heterocycles. The Morgan fingerprint density at radius 3 is 2.94 bits per heavy atom. The molecule has 1 aliphatic rings. The minimum absolute atomic E-state index is 0.379. The fourth-order valence-corrected chi connectivity index (χ4v) is 2.09. The molecule has 2 heterocycles. The molecule has 0 spiro atoms. The summed E-state index contributed by atoms with van der Waals surface area (Å²) < 4.78 is 5.41. The summed E-state index contributed by atoms with van der Waals surface area (Å²) in [5, 5.41) is 3.28. The van der Waals surface area contributed by atoms with Gasteiger partial charge in [-0.2, -0.15) is 0 Å². The standard InChI is InChI=1S/C13H21N3O/c1-3-5-11-8-12(14-4-2)16-13(15-11)10-6-7-17-9-10/h8,10H,3-7,9H2,1-2H3,(H,14,15,16). The second-order valence-electron chi connectivity index (χ2n) is 4.44. The molecular weight excluding hydrogens is 214 g/mol. The molecule has 1 atom stereocenters. The molecule has 1 aromatic rings. The lowest BCUT2D eigenvalue weighted by atomic mass is 10.1. The maximum absolute atomic E-state index is 5.41. The summed E-state index contributed by atoms with van der Waals surface area (Å²) >= 11 is 0. The molecule has 0 aromatic carbocycles. The van der Waals surface area contributed by atoms with Crippen LogP contribution in [0.5, 0.6) is 0 Å². The highest BCUT2D eigenvalue weighted by Crippen LogP contribution is 2.23. The van der Waals surface area contributed by atoms with Gasteiger partial charge < -0.3 is 10.1 Å². The number of aromatic nitrogens is 2. The van der Waals surface area contributed by atoms with Gasteiger partial charge in [0.25, 0.3) is 0 Å². The van der Waals surface area contributed by atoms with Crippen LogP contribution >= 0.6 is 0 Å². The fraction of sp³-hybridized carbons (Fsp3) is 0.692. The highest BCUT2D eigenvalue weighted by Gasteiger charge is 2.21. The van der Waals surface area contributed by atoms with Crippen LogP contribution in [0.3, 0.4) is 0 Å². The van der Waals surface area contributed by atoms with Gasteiger partial charge in [0.2, 0.25) is 0 Å². The van der Waals surface area contributed by atoms with Crippen molar-refractivity contribution in [3.63, 3.8) is 0 Å². The summed E-state index contributed by atoms with van der Waals surface area (Å²) in [5.74, 6) is 2.28. The molecule has 1 unspecified atom stereocenters. The van der Waals surface area contributed by atoms with E-state index in [-0.39, 0.29) is 0 Å². The molecule has 1 fully saturated rings. The Morgan fingerprint density at radius 1 is 1.41 bits per heavy atom. The molecule has 0 amide bonds. The van der Waals surface area contributed by atoms with Crippen molar-refractivity contribution >= 4 is 5.82 Å². The van der Waals surface area contributed by atoms with Crippen molar-refractivity contribution in [1.82, 2.24) is 9.97 Å². The van der Waals surface area contributed by atoms with Crippen molar-refractivity contribution in [1.29, 1.82) is 0 Å². The van der Waals surface area contributed by atoms with E-state index in [1.807, 2.05) is 0 Å². The first-order chi connectivity index (χ1) is 8.33.